The summed E-state index contributed by atoms with van der Waals surface area (Å²) in [5.41, 5.74) is 6.32. The van der Waals surface area contributed by atoms with Crippen molar-refractivity contribution in [3.05, 3.63) is 70.7 Å². The van der Waals surface area contributed by atoms with Crippen LogP contribution < -0.4 is 15.8 Å². The van der Waals surface area contributed by atoms with E-state index in [4.69, 9.17) is 33.7 Å². The Morgan fingerprint density at radius 1 is 1.34 bits per heavy atom. The maximum atomic E-state index is 12.6. The van der Waals surface area contributed by atoms with Gasteiger partial charge in [-0.05, 0) is 30.7 Å². The number of rotatable bonds is 7. The lowest BCUT2D eigenvalue weighted by molar-refractivity contribution is -0.0498. The zero-order valence-electron chi connectivity index (χ0n) is 17.9. The van der Waals surface area contributed by atoms with Crippen LogP contribution in [0.2, 0.25) is 10.0 Å². The molecular weight excluding hydrogens is 505 g/mol. The highest BCUT2D eigenvalue weighted by molar-refractivity contribution is 6.42. The Labute approximate surface area is 209 Å². The van der Waals surface area contributed by atoms with Crippen LogP contribution in [0.3, 0.4) is 0 Å². The van der Waals surface area contributed by atoms with Crippen molar-refractivity contribution in [2.75, 3.05) is 5.32 Å². The number of ether oxygens (including phenoxy) is 2. The molecule has 35 heavy (non-hydrogen) atoms. The Bertz CT molecular complexity index is 1220. The average molecular weight is 523 g/mol. The fraction of sp³-hybridized carbons (Fsp3) is 0.182. The van der Waals surface area contributed by atoms with Crippen molar-refractivity contribution in [1.29, 1.82) is 5.26 Å². The number of halogens is 4. The highest BCUT2D eigenvalue weighted by Crippen LogP contribution is 2.30. The summed E-state index contributed by atoms with van der Waals surface area (Å²) in [7, 11) is 0. The third-order valence-corrected chi connectivity index (χ3v) is 5.44. The van der Waals surface area contributed by atoms with E-state index in [0.29, 0.717) is 10.6 Å². The van der Waals surface area contributed by atoms with Crippen LogP contribution in [-0.2, 0) is 4.74 Å². The van der Waals surface area contributed by atoms with E-state index in [2.05, 4.69) is 26.7 Å². The number of guanidine groups is 1. The number of benzene rings is 2. The van der Waals surface area contributed by atoms with Crippen molar-refractivity contribution < 1.29 is 23.0 Å². The monoisotopic (exact) mass is 522 g/mol. The minimum Gasteiger partial charge on any atom is -0.437 e. The number of nitrogens with zero attached hydrogens (tertiary/aromatic N) is 4. The summed E-state index contributed by atoms with van der Waals surface area (Å²) >= 11 is 12.2. The van der Waals surface area contributed by atoms with Crippen molar-refractivity contribution >= 4 is 46.7 Å². The summed E-state index contributed by atoms with van der Waals surface area (Å²) < 4.78 is 35.0. The van der Waals surface area contributed by atoms with Crippen LogP contribution in [0.1, 0.15) is 12.0 Å². The van der Waals surface area contributed by atoms with Crippen molar-refractivity contribution in [3.8, 4) is 11.9 Å². The first-order chi connectivity index (χ1) is 16.7. The van der Waals surface area contributed by atoms with Crippen LogP contribution >= 0.6 is 23.2 Å². The van der Waals surface area contributed by atoms with E-state index in [-0.39, 0.29) is 34.6 Å². The fourth-order valence-electron chi connectivity index (χ4n) is 3.36. The first-order valence-electron chi connectivity index (χ1n) is 9.92. The number of carbonyl (C=O) groups excluding carboxylic acids is 1. The molecule has 182 valence electrons. The van der Waals surface area contributed by atoms with Gasteiger partial charge in [0.2, 0.25) is 12.2 Å². The molecule has 1 aliphatic rings. The lowest BCUT2D eigenvalue weighted by atomic mass is 9.98. The second-order valence-corrected chi connectivity index (χ2v) is 7.79. The zero-order valence-corrected chi connectivity index (χ0v) is 19.4. The van der Waals surface area contributed by atoms with Crippen molar-refractivity contribution in [2.24, 2.45) is 15.8 Å². The highest BCUT2D eigenvalue weighted by atomic mass is 35.5. The van der Waals surface area contributed by atoms with Crippen molar-refractivity contribution in [1.82, 2.24) is 5.01 Å². The molecule has 0 aromatic heterocycles. The van der Waals surface area contributed by atoms with Crippen LogP contribution in [0.15, 0.2) is 65.2 Å². The van der Waals surface area contributed by atoms with Gasteiger partial charge in [-0.15, -0.1) is 11.6 Å². The van der Waals surface area contributed by atoms with Gasteiger partial charge in [-0.1, -0.05) is 41.4 Å². The summed E-state index contributed by atoms with van der Waals surface area (Å²) in [6.07, 6.45) is 1.40. The third kappa shape index (κ3) is 6.38. The molecular formula is C22H18Cl2F2N6O3. The second kappa shape index (κ2) is 11.5. The van der Waals surface area contributed by atoms with Gasteiger partial charge in [-0.25, -0.2) is 9.80 Å². The van der Waals surface area contributed by atoms with Gasteiger partial charge < -0.3 is 20.5 Å². The van der Waals surface area contributed by atoms with Gasteiger partial charge >= 0.3 is 12.7 Å². The molecule has 2 unspecified atom stereocenters. The molecule has 2 aromatic carbocycles. The minimum absolute atomic E-state index is 0.0818. The number of anilines is 1. The van der Waals surface area contributed by atoms with Crippen LogP contribution in [0.4, 0.5) is 19.3 Å². The standard InChI is InChI=1S/C22H18Cl2F2N6O3/c1-2-4-17-19(35-21(28)33)18(12-7-8-15(23)16(24)9-12)31-32(17)22(29-11-27)30-13-5-3-6-14(10-13)34-20(25)26/h2-3,5-10,17,19-20H,1,4H2,(H2,28,33)(H,29,30). The van der Waals surface area contributed by atoms with Gasteiger partial charge in [0.05, 0.1) is 10.0 Å². The number of nitrogens with one attached hydrogen (secondary N) is 1. The van der Waals surface area contributed by atoms with E-state index in [9.17, 15) is 18.8 Å². The highest BCUT2D eigenvalue weighted by Gasteiger charge is 2.42. The molecule has 13 heteroatoms. The van der Waals surface area contributed by atoms with E-state index in [1.54, 1.807) is 30.5 Å². The number of nitrogens with two attached hydrogens (primary N) is 1. The average Bonchev–Trinajstić information content (AvgIpc) is 3.13. The van der Waals surface area contributed by atoms with Gasteiger partial charge in [-0.3, -0.25) is 0 Å². The van der Waals surface area contributed by atoms with Gasteiger partial charge in [0.25, 0.3) is 0 Å². The van der Waals surface area contributed by atoms with Crippen LogP contribution in [0.25, 0.3) is 0 Å². The molecule has 9 nitrogen and oxygen atoms in total. The van der Waals surface area contributed by atoms with Crippen molar-refractivity contribution in [2.45, 2.75) is 25.2 Å². The molecule has 0 saturated heterocycles. The smallest absolute Gasteiger partial charge is 0.405 e. The summed E-state index contributed by atoms with van der Waals surface area (Å²) in [6, 6.07) is 9.64. The molecule has 0 bridgehead atoms. The van der Waals surface area contributed by atoms with Crippen LogP contribution in [0, 0.1) is 11.5 Å². The van der Waals surface area contributed by atoms with Gasteiger partial charge in [0, 0.05) is 17.3 Å². The number of nitriles is 1. The lowest BCUT2D eigenvalue weighted by Crippen LogP contribution is -2.45. The van der Waals surface area contributed by atoms with E-state index in [0.717, 1.165) is 0 Å². The molecule has 2 aromatic rings. The largest absolute Gasteiger partial charge is 0.437 e. The van der Waals surface area contributed by atoms with Gasteiger partial charge in [-0.2, -0.15) is 19.1 Å². The van der Waals surface area contributed by atoms with Crippen LogP contribution in [0.5, 0.6) is 5.75 Å². The molecule has 2 atom stereocenters. The Morgan fingerprint density at radius 2 is 2.11 bits per heavy atom. The molecule has 3 N–H and O–H groups in total. The van der Waals surface area contributed by atoms with E-state index in [1.807, 2.05) is 0 Å². The number of hydrogen-bond acceptors (Lipinski definition) is 6. The quantitative estimate of drug-likeness (QED) is 0.229. The third-order valence-electron chi connectivity index (χ3n) is 4.70. The normalized spacial score (nSPS) is 17.5. The molecule has 0 fully saturated rings. The number of hydrogen-bond donors (Lipinski definition) is 2. The predicted octanol–water partition coefficient (Wildman–Crippen LogP) is 4.97. The maximum absolute atomic E-state index is 12.6. The summed E-state index contributed by atoms with van der Waals surface area (Å²) in [6.45, 7) is 0.708. The summed E-state index contributed by atoms with van der Waals surface area (Å²) in [5.74, 6) is -0.193. The molecule has 1 aliphatic heterocycles. The second-order valence-electron chi connectivity index (χ2n) is 6.97. The molecule has 1 heterocycles. The number of hydrazone groups is 1. The predicted molar refractivity (Wildman–Crippen MR) is 128 cm³/mol. The molecule has 3 rings (SSSR count). The molecule has 1 amide bonds. The van der Waals surface area contributed by atoms with E-state index >= 15 is 0 Å². The van der Waals surface area contributed by atoms with E-state index in [1.165, 1.54) is 29.3 Å². The van der Waals surface area contributed by atoms with Gasteiger partial charge in [0.15, 0.2) is 6.10 Å². The summed E-state index contributed by atoms with van der Waals surface area (Å²) in [4.78, 5) is 15.5. The Kier molecular flexibility index (Phi) is 8.46. The molecule has 0 radical (unpaired) electrons. The topological polar surface area (TPSA) is 125 Å². The zero-order chi connectivity index (χ0) is 25.5. The molecule has 0 spiro atoms. The first kappa shape index (κ1) is 25.7. The fourth-order valence-corrected chi connectivity index (χ4v) is 3.65. The lowest BCUT2D eigenvalue weighted by Gasteiger charge is -2.27. The van der Waals surface area contributed by atoms with Crippen molar-refractivity contribution in [3.63, 3.8) is 0 Å². The van der Waals surface area contributed by atoms with Crippen LogP contribution in [-0.4, -0.2) is 41.5 Å². The number of aliphatic imine (C=N–C) groups is 1. The molecule has 0 saturated carbocycles. The first-order valence-corrected chi connectivity index (χ1v) is 10.7. The Morgan fingerprint density at radius 3 is 2.74 bits per heavy atom. The maximum Gasteiger partial charge on any atom is 0.405 e. The number of carbonyl (C=O) groups is 1. The number of primary amides is 1. The molecule has 0 aliphatic carbocycles. The van der Waals surface area contributed by atoms with E-state index < -0.39 is 24.9 Å². The Balaban J connectivity index is 2.05. The Hall–Kier alpha value is -3.88. The number of alkyl halides is 2. The summed E-state index contributed by atoms with van der Waals surface area (Å²) in [5, 5.41) is 18.5. The number of amides is 1. The minimum atomic E-state index is -3.02. The SMILES string of the molecule is C=CCC1C(OC(N)=O)C(c2ccc(Cl)c(Cl)c2)=NN1C(=NC#N)Nc1cccc(OC(F)F)c1. The van der Waals surface area contributed by atoms with Gasteiger partial charge in [0.1, 0.15) is 17.5 Å².